The summed E-state index contributed by atoms with van der Waals surface area (Å²) in [6, 6.07) is 3.16. The van der Waals surface area contributed by atoms with Gasteiger partial charge in [-0.25, -0.2) is 4.39 Å². The standard InChI is InChI=1S/C14H15BrClFO/c15-11-8-7-10(13(17)12(11)16)14(18)9-5-3-1-2-4-6-9/h7-9H,1-6H2. The fraction of sp³-hybridized carbons (Fsp3) is 0.500. The van der Waals surface area contributed by atoms with Crippen molar-refractivity contribution < 1.29 is 9.18 Å². The third-order valence-electron chi connectivity index (χ3n) is 3.53. The summed E-state index contributed by atoms with van der Waals surface area (Å²) in [7, 11) is 0. The van der Waals surface area contributed by atoms with Crippen molar-refractivity contribution in [2.24, 2.45) is 5.92 Å². The van der Waals surface area contributed by atoms with E-state index in [0.29, 0.717) is 4.47 Å². The van der Waals surface area contributed by atoms with E-state index in [1.165, 1.54) is 18.9 Å². The number of carbonyl (C=O) groups is 1. The highest BCUT2D eigenvalue weighted by Crippen LogP contribution is 2.31. The van der Waals surface area contributed by atoms with E-state index in [0.717, 1.165) is 25.7 Å². The molecule has 0 heterocycles. The van der Waals surface area contributed by atoms with Crippen molar-refractivity contribution in [2.75, 3.05) is 0 Å². The van der Waals surface area contributed by atoms with Gasteiger partial charge in [0, 0.05) is 10.4 Å². The molecule has 4 heteroatoms. The van der Waals surface area contributed by atoms with Gasteiger partial charge in [0.15, 0.2) is 11.6 Å². The van der Waals surface area contributed by atoms with Gasteiger partial charge >= 0.3 is 0 Å². The summed E-state index contributed by atoms with van der Waals surface area (Å²) >= 11 is 8.98. The van der Waals surface area contributed by atoms with Crippen LogP contribution in [-0.4, -0.2) is 5.78 Å². The van der Waals surface area contributed by atoms with Crippen LogP contribution in [0.3, 0.4) is 0 Å². The Kier molecular flexibility index (Phi) is 4.79. The molecule has 1 nitrogen and oxygen atoms in total. The van der Waals surface area contributed by atoms with E-state index in [4.69, 9.17) is 11.6 Å². The smallest absolute Gasteiger partial charge is 0.168 e. The summed E-state index contributed by atoms with van der Waals surface area (Å²) < 4.78 is 14.5. The fourth-order valence-electron chi connectivity index (χ4n) is 2.48. The highest BCUT2D eigenvalue weighted by Gasteiger charge is 2.25. The van der Waals surface area contributed by atoms with Gasteiger partial charge in [-0.1, -0.05) is 37.3 Å². The molecule has 1 aromatic carbocycles. The molecule has 2 rings (SSSR count). The molecule has 18 heavy (non-hydrogen) atoms. The van der Waals surface area contributed by atoms with Crippen LogP contribution in [0.2, 0.25) is 5.02 Å². The SMILES string of the molecule is O=C(c1ccc(Br)c(Cl)c1F)C1CCCCCC1. The molecule has 1 aromatic rings. The van der Waals surface area contributed by atoms with Gasteiger partial charge in [0.2, 0.25) is 0 Å². The molecule has 1 aliphatic rings. The zero-order chi connectivity index (χ0) is 13.1. The van der Waals surface area contributed by atoms with Crippen LogP contribution in [0.5, 0.6) is 0 Å². The summed E-state index contributed by atoms with van der Waals surface area (Å²) in [6.07, 6.45) is 6.20. The Labute approximate surface area is 120 Å². The molecule has 0 saturated heterocycles. The number of halogens is 3. The van der Waals surface area contributed by atoms with Crippen LogP contribution in [0.1, 0.15) is 48.9 Å². The van der Waals surface area contributed by atoms with E-state index in [9.17, 15) is 9.18 Å². The lowest BCUT2D eigenvalue weighted by atomic mass is 9.91. The van der Waals surface area contributed by atoms with Crippen molar-refractivity contribution in [1.29, 1.82) is 0 Å². The maximum atomic E-state index is 14.0. The Morgan fingerprint density at radius 3 is 2.44 bits per heavy atom. The lowest BCUT2D eigenvalue weighted by molar-refractivity contribution is 0.0903. The van der Waals surface area contributed by atoms with Crippen LogP contribution in [0.4, 0.5) is 4.39 Å². The van der Waals surface area contributed by atoms with Crippen LogP contribution >= 0.6 is 27.5 Å². The van der Waals surface area contributed by atoms with Gasteiger partial charge < -0.3 is 0 Å². The first kappa shape index (κ1) is 14.0. The molecule has 98 valence electrons. The van der Waals surface area contributed by atoms with Crippen LogP contribution in [-0.2, 0) is 0 Å². The predicted molar refractivity (Wildman–Crippen MR) is 74.6 cm³/mol. The molecular formula is C14H15BrClFO. The van der Waals surface area contributed by atoms with E-state index in [1.54, 1.807) is 6.07 Å². The first-order valence-electron chi connectivity index (χ1n) is 6.29. The van der Waals surface area contributed by atoms with Crippen LogP contribution in [0, 0.1) is 11.7 Å². The van der Waals surface area contributed by atoms with Gasteiger partial charge in [0.05, 0.1) is 10.6 Å². The molecule has 0 spiro atoms. The summed E-state index contributed by atoms with van der Waals surface area (Å²) in [6.45, 7) is 0. The van der Waals surface area contributed by atoms with Crippen molar-refractivity contribution >= 4 is 33.3 Å². The van der Waals surface area contributed by atoms with Crippen molar-refractivity contribution in [3.05, 3.63) is 33.0 Å². The van der Waals surface area contributed by atoms with E-state index in [-0.39, 0.29) is 22.3 Å². The van der Waals surface area contributed by atoms with Crippen LogP contribution in [0.25, 0.3) is 0 Å². The molecule has 0 aromatic heterocycles. The molecule has 1 saturated carbocycles. The highest BCUT2D eigenvalue weighted by molar-refractivity contribution is 9.10. The molecule has 0 aliphatic heterocycles. The maximum absolute atomic E-state index is 14.0. The molecule has 1 fully saturated rings. The Balaban J connectivity index is 2.25. The number of hydrogen-bond acceptors (Lipinski definition) is 1. The van der Waals surface area contributed by atoms with Gasteiger partial charge in [-0.05, 0) is 40.9 Å². The number of hydrogen-bond donors (Lipinski definition) is 0. The number of Topliss-reactive ketones (excluding diaryl/α,β-unsaturated/α-hetero) is 1. The highest BCUT2D eigenvalue weighted by atomic mass is 79.9. The molecule has 0 bridgehead atoms. The quantitative estimate of drug-likeness (QED) is 0.402. The molecule has 0 atom stereocenters. The van der Waals surface area contributed by atoms with Crippen molar-refractivity contribution in [3.8, 4) is 0 Å². The zero-order valence-corrected chi connectivity index (χ0v) is 12.4. The summed E-state index contributed by atoms with van der Waals surface area (Å²) in [5, 5.41) is -0.00512. The summed E-state index contributed by atoms with van der Waals surface area (Å²) in [4.78, 5) is 12.3. The lowest BCUT2D eigenvalue weighted by Crippen LogP contribution is -2.15. The Morgan fingerprint density at radius 2 is 1.83 bits per heavy atom. The second-order valence-corrected chi connectivity index (χ2v) is 6.01. The average molecular weight is 334 g/mol. The second-order valence-electron chi connectivity index (χ2n) is 4.78. The minimum Gasteiger partial charge on any atom is -0.294 e. The van der Waals surface area contributed by atoms with E-state index in [2.05, 4.69) is 15.9 Å². The van der Waals surface area contributed by atoms with Crippen LogP contribution < -0.4 is 0 Å². The average Bonchev–Trinajstić information content (AvgIpc) is 2.64. The normalized spacial score (nSPS) is 17.5. The first-order valence-corrected chi connectivity index (χ1v) is 7.46. The van der Waals surface area contributed by atoms with Crippen LogP contribution in [0.15, 0.2) is 16.6 Å². The molecule has 0 N–H and O–H groups in total. The number of rotatable bonds is 2. The third kappa shape index (κ3) is 2.94. The molecule has 0 amide bonds. The number of benzene rings is 1. The van der Waals surface area contributed by atoms with E-state index in [1.807, 2.05) is 0 Å². The van der Waals surface area contributed by atoms with Gasteiger partial charge in [-0.2, -0.15) is 0 Å². The Morgan fingerprint density at radius 1 is 1.22 bits per heavy atom. The third-order valence-corrected chi connectivity index (χ3v) is 4.79. The Bertz CT molecular complexity index is 453. The lowest BCUT2D eigenvalue weighted by Gasteiger charge is -2.14. The van der Waals surface area contributed by atoms with Crippen molar-refractivity contribution in [1.82, 2.24) is 0 Å². The van der Waals surface area contributed by atoms with E-state index >= 15 is 0 Å². The Hall–Kier alpha value is -0.410. The van der Waals surface area contributed by atoms with Gasteiger partial charge in [0.25, 0.3) is 0 Å². The largest absolute Gasteiger partial charge is 0.294 e. The number of ketones is 1. The van der Waals surface area contributed by atoms with Gasteiger partial charge in [-0.3, -0.25) is 4.79 Å². The van der Waals surface area contributed by atoms with Crippen molar-refractivity contribution in [3.63, 3.8) is 0 Å². The minimum atomic E-state index is -0.597. The minimum absolute atomic E-state index is 0.00512. The first-order chi connectivity index (χ1) is 8.61. The topological polar surface area (TPSA) is 17.1 Å². The zero-order valence-electron chi connectivity index (χ0n) is 10.0. The van der Waals surface area contributed by atoms with E-state index < -0.39 is 5.82 Å². The second kappa shape index (κ2) is 6.16. The molecule has 0 unspecified atom stereocenters. The fourth-order valence-corrected chi connectivity index (χ4v) is 2.95. The monoisotopic (exact) mass is 332 g/mol. The number of carbonyl (C=O) groups excluding carboxylic acids is 1. The van der Waals surface area contributed by atoms with Gasteiger partial charge in [-0.15, -0.1) is 0 Å². The summed E-state index contributed by atoms with van der Waals surface area (Å²) in [5.41, 5.74) is 0.134. The molecule has 0 radical (unpaired) electrons. The van der Waals surface area contributed by atoms with Crippen molar-refractivity contribution in [2.45, 2.75) is 38.5 Å². The van der Waals surface area contributed by atoms with Gasteiger partial charge in [0.1, 0.15) is 0 Å². The maximum Gasteiger partial charge on any atom is 0.168 e. The molecule has 1 aliphatic carbocycles. The predicted octanol–water partition coefficient (Wildman–Crippen LogP) is 5.39. The summed E-state index contributed by atoms with van der Waals surface area (Å²) in [5.74, 6) is -0.733. The molecular weight excluding hydrogens is 319 g/mol.